The summed E-state index contributed by atoms with van der Waals surface area (Å²) in [6.45, 7) is 9.74. The zero-order chi connectivity index (χ0) is 33.0. The van der Waals surface area contributed by atoms with Gasteiger partial charge >= 0.3 is 0 Å². The molecule has 11 heteroatoms. The summed E-state index contributed by atoms with van der Waals surface area (Å²) in [4.78, 5) is 38.0. The Bertz CT molecular complexity index is 1630. The van der Waals surface area contributed by atoms with Gasteiger partial charge in [0.15, 0.2) is 5.82 Å². The van der Waals surface area contributed by atoms with Gasteiger partial charge in [-0.25, -0.2) is 4.98 Å². The molecule has 2 heterocycles. The largest absolute Gasteiger partial charge is 0.369 e. The zero-order valence-electron chi connectivity index (χ0n) is 27.3. The van der Waals surface area contributed by atoms with Crippen LogP contribution in [0.25, 0.3) is 0 Å². The van der Waals surface area contributed by atoms with Crippen LogP contribution in [-0.4, -0.2) is 66.0 Å². The summed E-state index contributed by atoms with van der Waals surface area (Å²) in [5, 5.41) is 12.9. The molecule has 7 rings (SSSR count). The summed E-state index contributed by atoms with van der Waals surface area (Å²) < 4.78 is 0. The maximum absolute atomic E-state index is 12.6. The first-order valence-corrected chi connectivity index (χ1v) is 17.7. The van der Waals surface area contributed by atoms with E-state index in [4.69, 9.17) is 11.6 Å². The van der Waals surface area contributed by atoms with Crippen molar-refractivity contribution in [1.29, 1.82) is 0 Å². The van der Waals surface area contributed by atoms with Crippen LogP contribution in [0.2, 0.25) is 5.02 Å². The van der Waals surface area contributed by atoms with Crippen molar-refractivity contribution in [3.63, 3.8) is 0 Å². The molecule has 5 atom stereocenters. The Morgan fingerprint density at radius 3 is 2.58 bits per heavy atom. The Kier molecular flexibility index (Phi) is 9.81. The minimum Gasteiger partial charge on any atom is -0.369 e. The minimum atomic E-state index is -0.259. The molecule has 3 aromatic rings. The summed E-state index contributed by atoms with van der Waals surface area (Å²) in [6, 6.07) is 15.9. The van der Waals surface area contributed by atoms with Gasteiger partial charge in [-0.3, -0.25) is 14.5 Å². The highest BCUT2D eigenvalue weighted by Gasteiger charge is 2.61. The Balaban J connectivity index is 0.818. The van der Waals surface area contributed by atoms with Crippen LogP contribution in [0.4, 0.5) is 28.8 Å². The SMILES string of the molecule is C=CC(=O)Nc1cccc(CNc2nc(Nc3ccc(N4CCN(CCCNC(=O)CC5C[C@@H]6CC7C[C@H]5C76)CC4)cc3)ncc2Cl)c1. The number of nitrogens with one attached hydrogen (secondary N) is 4. The van der Waals surface area contributed by atoms with Crippen LogP contribution >= 0.6 is 11.6 Å². The molecule has 0 bridgehead atoms. The standard InChI is InChI=1S/C37H45ClN8O2/c1-2-33(47)42-29-6-3-5-24(17-29)22-40-36-32(38)23-41-37(44-36)43-28-7-9-30(10-8-28)46-15-13-45(14-16-46)12-4-11-39-34(48)21-25-18-26-19-27-20-31(25)35(26)27/h2-3,5-10,17,23,25-27,31,35H,1,4,11-16,18-22H2,(H,39,48)(H,42,47)(H2,40,41,43,44)/t25?,26-,27?,31-,35?/m1/s1. The molecule has 252 valence electrons. The minimum absolute atomic E-state index is 0.259. The Hall–Kier alpha value is -4.15. The second-order valence-electron chi connectivity index (χ2n) is 13.8. The lowest BCUT2D eigenvalue weighted by atomic mass is 9.51. The van der Waals surface area contributed by atoms with Crippen molar-refractivity contribution >= 4 is 52.2 Å². The molecule has 48 heavy (non-hydrogen) atoms. The van der Waals surface area contributed by atoms with Crippen molar-refractivity contribution in [3.8, 4) is 0 Å². The Morgan fingerprint density at radius 1 is 1.00 bits per heavy atom. The van der Waals surface area contributed by atoms with E-state index in [0.717, 1.165) is 87.0 Å². The normalized spacial score (nSPS) is 24.1. The van der Waals surface area contributed by atoms with Crippen LogP contribution in [0, 0.1) is 29.6 Å². The highest BCUT2D eigenvalue weighted by molar-refractivity contribution is 6.32. The first kappa shape index (κ1) is 32.4. The molecule has 10 nitrogen and oxygen atoms in total. The highest BCUT2D eigenvalue weighted by Crippen LogP contribution is 2.68. The van der Waals surface area contributed by atoms with Gasteiger partial charge in [0, 0.05) is 62.8 Å². The number of nitrogens with zero attached hydrogens (tertiary/aromatic N) is 4. The lowest BCUT2D eigenvalue weighted by Gasteiger charge is -2.54. The van der Waals surface area contributed by atoms with Gasteiger partial charge in [-0.1, -0.05) is 30.3 Å². The number of anilines is 5. The van der Waals surface area contributed by atoms with Crippen LogP contribution in [-0.2, 0) is 16.1 Å². The third-order valence-electron chi connectivity index (χ3n) is 10.8. The van der Waals surface area contributed by atoms with Crippen molar-refractivity contribution in [3.05, 3.63) is 78.0 Å². The first-order chi connectivity index (χ1) is 23.4. The van der Waals surface area contributed by atoms with Crippen molar-refractivity contribution < 1.29 is 9.59 Å². The molecule has 1 aliphatic heterocycles. The van der Waals surface area contributed by atoms with E-state index in [-0.39, 0.29) is 11.8 Å². The number of rotatable bonds is 14. The number of aromatic nitrogens is 2. The molecular weight excluding hydrogens is 624 g/mol. The summed E-state index contributed by atoms with van der Waals surface area (Å²) >= 11 is 6.38. The Morgan fingerprint density at radius 2 is 1.81 bits per heavy atom. The van der Waals surface area contributed by atoms with Gasteiger partial charge in [0.05, 0.1) is 6.20 Å². The second-order valence-corrected chi connectivity index (χ2v) is 14.2. The molecule has 1 aromatic heterocycles. The fourth-order valence-corrected chi connectivity index (χ4v) is 8.52. The molecule has 3 unspecified atom stereocenters. The number of piperazine rings is 1. The second kappa shape index (κ2) is 14.5. The van der Waals surface area contributed by atoms with Gasteiger partial charge in [0.2, 0.25) is 17.8 Å². The summed E-state index contributed by atoms with van der Waals surface area (Å²) in [6.07, 6.45) is 8.69. The van der Waals surface area contributed by atoms with Gasteiger partial charge in [-0.2, -0.15) is 4.98 Å². The van der Waals surface area contributed by atoms with E-state index in [9.17, 15) is 9.59 Å². The third-order valence-corrected chi connectivity index (χ3v) is 11.1. The molecule has 3 saturated carbocycles. The van der Waals surface area contributed by atoms with Crippen LogP contribution in [0.1, 0.15) is 37.7 Å². The van der Waals surface area contributed by atoms with Gasteiger partial charge in [0.1, 0.15) is 5.02 Å². The number of carbonyl (C=O) groups is 2. The van der Waals surface area contributed by atoms with Crippen molar-refractivity contribution in [2.24, 2.45) is 29.6 Å². The van der Waals surface area contributed by atoms with E-state index in [0.29, 0.717) is 34.9 Å². The number of halogens is 1. The average Bonchev–Trinajstić information content (AvgIpc) is 3.18. The lowest BCUT2D eigenvalue weighted by molar-refractivity contribution is -0.123. The molecule has 4 aliphatic rings. The number of amides is 2. The highest BCUT2D eigenvalue weighted by atomic mass is 35.5. The average molecular weight is 669 g/mol. The van der Waals surface area contributed by atoms with Crippen LogP contribution in [0.15, 0.2) is 67.4 Å². The van der Waals surface area contributed by atoms with E-state index in [1.807, 2.05) is 36.4 Å². The first-order valence-electron chi connectivity index (χ1n) is 17.3. The van der Waals surface area contributed by atoms with E-state index in [2.05, 4.69) is 59.7 Å². The monoisotopic (exact) mass is 668 g/mol. The lowest BCUT2D eigenvalue weighted by Crippen LogP contribution is -2.47. The van der Waals surface area contributed by atoms with Crippen molar-refractivity contribution in [1.82, 2.24) is 20.2 Å². The number of benzene rings is 2. The number of hydrogen-bond donors (Lipinski definition) is 4. The quantitative estimate of drug-likeness (QED) is 0.124. The zero-order valence-corrected chi connectivity index (χ0v) is 28.1. The van der Waals surface area contributed by atoms with Crippen LogP contribution < -0.4 is 26.2 Å². The number of hydrogen-bond acceptors (Lipinski definition) is 8. The maximum Gasteiger partial charge on any atom is 0.247 e. The Labute approximate surface area is 287 Å². The van der Waals surface area contributed by atoms with Gasteiger partial charge in [-0.15, -0.1) is 0 Å². The molecular formula is C37H45ClN8O2. The molecule has 2 amide bonds. The van der Waals surface area contributed by atoms with Gasteiger partial charge in [0.25, 0.3) is 0 Å². The smallest absolute Gasteiger partial charge is 0.247 e. The van der Waals surface area contributed by atoms with Crippen LogP contribution in [0.3, 0.4) is 0 Å². The van der Waals surface area contributed by atoms with Gasteiger partial charge < -0.3 is 26.2 Å². The fourth-order valence-electron chi connectivity index (χ4n) is 8.36. The summed E-state index contributed by atoms with van der Waals surface area (Å²) in [7, 11) is 0. The molecule has 0 radical (unpaired) electrons. The van der Waals surface area contributed by atoms with Crippen molar-refractivity contribution in [2.45, 2.75) is 38.6 Å². The topological polar surface area (TPSA) is 115 Å². The van der Waals surface area contributed by atoms with E-state index < -0.39 is 0 Å². The van der Waals surface area contributed by atoms with Crippen LogP contribution in [0.5, 0.6) is 0 Å². The fraction of sp³-hybridized carbons (Fsp3) is 0.459. The predicted octanol–water partition coefficient (Wildman–Crippen LogP) is 5.92. The summed E-state index contributed by atoms with van der Waals surface area (Å²) in [5.74, 6) is 5.42. The summed E-state index contributed by atoms with van der Waals surface area (Å²) in [5.41, 5.74) is 3.72. The predicted molar refractivity (Wildman–Crippen MR) is 192 cm³/mol. The van der Waals surface area contributed by atoms with E-state index in [1.165, 1.54) is 31.0 Å². The van der Waals surface area contributed by atoms with E-state index in [1.54, 1.807) is 6.20 Å². The van der Waals surface area contributed by atoms with Crippen molar-refractivity contribution in [2.75, 3.05) is 60.1 Å². The number of carbonyl (C=O) groups excluding carboxylic acids is 2. The molecule has 3 aliphatic carbocycles. The maximum atomic E-state index is 12.6. The molecule has 0 spiro atoms. The third kappa shape index (κ3) is 7.45. The molecule has 4 N–H and O–H groups in total. The van der Waals surface area contributed by atoms with E-state index >= 15 is 0 Å². The van der Waals surface area contributed by atoms with Gasteiger partial charge in [-0.05, 0) is 110 Å². The molecule has 2 aromatic carbocycles. The molecule has 1 saturated heterocycles. The molecule has 4 fully saturated rings.